The van der Waals surface area contributed by atoms with Crippen molar-refractivity contribution in [3.63, 3.8) is 0 Å². The largest absolute Gasteiger partial charge is 0.378 e. The Hall–Kier alpha value is -1.59. The molecule has 1 aliphatic carbocycles. The van der Waals surface area contributed by atoms with E-state index in [2.05, 4.69) is 57.7 Å². The second-order valence-electron chi connectivity index (χ2n) is 7.09. The van der Waals surface area contributed by atoms with E-state index in [-0.39, 0.29) is 17.7 Å². The third-order valence-corrected chi connectivity index (χ3v) is 7.84. The van der Waals surface area contributed by atoms with E-state index in [1.165, 1.54) is 5.56 Å². The zero-order valence-corrected chi connectivity index (χ0v) is 17.1. The van der Waals surface area contributed by atoms with Gasteiger partial charge in [0.2, 0.25) is 0 Å². The molecule has 0 aromatic heterocycles. The van der Waals surface area contributed by atoms with Crippen molar-refractivity contribution in [1.82, 2.24) is 0 Å². The molecule has 1 aliphatic heterocycles. The van der Waals surface area contributed by atoms with Gasteiger partial charge in [-0.25, -0.2) is 8.42 Å². The van der Waals surface area contributed by atoms with E-state index in [1.54, 1.807) is 6.07 Å². The molecule has 2 aliphatic rings. The Morgan fingerprint density at radius 3 is 2.65 bits per heavy atom. The Kier molecular flexibility index (Phi) is 4.70. The average molecular weight is 432 g/mol. The molecule has 4 rings (SSSR count). The first-order valence-corrected chi connectivity index (χ1v) is 11.5. The zero-order valence-electron chi connectivity index (χ0n) is 14.7. The van der Waals surface area contributed by atoms with Gasteiger partial charge in [-0.2, -0.15) is 0 Å². The van der Waals surface area contributed by atoms with Crippen molar-refractivity contribution in [1.29, 1.82) is 0 Å². The van der Waals surface area contributed by atoms with E-state index in [4.69, 9.17) is 0 Å². The number of benzene rings is 2. The number of fused-ring (bicyclic) bond motifs is 3. The summed E-state index contributed by atoms with van der Waals surface area (Å²) in [6.07, 6.45) is 6.11. The van der Waals surface area contributed by atoms with Gasteiger partial charge in [0.15, 0.2) is 9.84 Å². The minimum absolute atomic E-state index is 0.199. The standard InChI is InChI=1S/C21H22BrNO2S/c1-2-12-26(24,25)16-10-11-20-19(13-16)17-4-3-5-18(17)21(23-20)14-6-8-15(22)9-7-14/h3-4,6-11,13,17-18,21,23H,2,5,12H2,1H3/t17-,18+,21-/m1/s1. The van der Waals surface area contributed by atoms with Crippen molar-refractivity contribution in [2.45, 2.75) is 36.6 Å². The molecule has 0 radical (unpaired) electrons. The first kappa shape index (κ1) is 17.8. The minimum atomic E-state index is -3.20. The molecular weight excluding hydrogens is 410 g/mol. The highest BCUT2D eigenvalue weighted by Gasteiger charge is 2.38. The van der Waals surface area contributed by atoms with E-state index in [1.807, 2.05) is 19.1 Å². The fraction of sp³-hybridized carbons (Fsp3) is 0.333. The van der Waals surface area contributed by atoms with Gasteiger partial charge in [-0.15, -0.1) is 0 Å². The van der Waals surface area contributed by atoms with Crippen LogP contribution in [0.5, 0.6) is 0 Å². The van der Waals surface area contributed by atoms with E-state index in [0.717, 1.165) is 22.1 Å². The summed E-state index contributed by atoms with van der Waals surface area (Å²) in [6, 6.07) is 14.3. The molecule has 2 aromatic carbocycles. The summed E-state index contributed by atoms with van der Waals surface area (Å²) in [4.78, 5) is 0.445. The van der Waals surface area contributed by atoms with Gasteiger partial charge in [0.25, 0.3) is 0 Å². The molecule has 1 N–H and O–H groups in total. The van der Waals surface area contributed by atoms with Crippen molar-refractivity contribution < 1.29 is 8.42 Å². The van der Waals surface area contributed by atoms with Crippen LogP contribution < -0.4 is 5.32 Å². The van der Waals surface area contributed by atoms with Crippen LogP contribution in [0.2, 0.25) is 0 Å². The van der Waals surface area contributed by atoms with E-state index in [0.29, 0.717) is 17.2 Å². The monoisotopic (exact) mass is 431 g/mol. The lowest BCUT2D eigenvalue weighted by molar-refractivity contribution is 0.425. The maximum Gasteiger partial charge on any atom is 0.178 e. The molecule has 26 heavy (non-hydrogen) atoms. The molecule has 0 saturated carbocycles. The normalized spacial score (nSPS) is 24.0. The third kappa shape index (κ3) is 3.12. The van der Waals surface area contributed by atoms with Crippen molar-refractivity contribution in [3.05, 3.63) is 70.2 Å². The molecule has 0 saturated heterocycles. The predicted octanol–water partition coefficient (Wildman–Crippen LogP) is 5.46. The van der Waals surface area contributed by atoms with Gasteiger partial charge in [-0.05, 0) is 60.2 Å². The van der Waals surface area contributed by atoms with Crippen LogP contribution >= 0.6 is 15.9 Å². The summed E-state index contributed by atoms with van der Waals surface area (Å²) in [7, 11) is -3.20. The highest BCUT2D eigenvalue weighted by molar-refractivity contribution is 9.10. The van der Waals surface area contributed by atoms with E-state index >= 15 is 0 Å². The van der Waals surface area contributed by atoms with Gasteiger partial charge in [0.05, 0.1) is 16.7 Å². The molecule has 3 atom stereocenters. The van der Waals surface area contributed by atoms with Gasteiger partial charge in [0, 0.05) is 16.1 Å². The Labute approximate surface area is 163 Å². The maximum absolute atomic E-state index is 12.5. The van der Waals surface area contributed by atoms with E-state index < -0.39 is 9.84 Å². The average Bonchev–Trinajstić information content (AvgIpc) is 3.11. The lowest BCUT2D eigenvalue weighted by atomic mass is 9.77. The van der Waals surface area contributed by atoms with Gasteiger partial charge in [-0.3, -0.25) is 0 Å². The molecule has 3 nitrogen and oxygen atoms in total. The summed E-state index contributed by atoms with van der Waals surface area (Å²) < 4.78 is 26.0. The molecule has 5 heteroatoms. The van der Waals surface area contributed by atoms with Gasteiger partial charge in [0.1, 0.15) is 0 Å². The second-order valence-corrected chi connectivity index (χ2v) is 10.1. The topological polar surface area (TPSA) is 46.2 Å². The summed E-state index contributed by atoms with van der Waals surface area (Å²) in [5.41, 5.74) is 3.41. The Bertz CT molecular complexity index is 950. The number of anilines is 1. The lowest BCUT2D eigenvalue weighted by Crippen LogP contribution is -2.29. The number of halogens is 1. The van der Waals surface area contributed by atoms with Crippen LogP contribution in [-0.2, 0) is 9.84 Å². The molecule has 0 spiro atoms. The zero-order chi connectivity index (χ0) is 18.3. The smallest absolute Gasteiger partial charge is 0.178 e. The first-order valence-electron chi connectivity index (χ1n) is 9.05. The molecule has 0 amide bonds. The quantitative estimate of drug-likeness (QED) is 0.653. The number of nitrogens with one attached hydrogen (secondary N) is 1. The summed E-state index contributed by atoms with van der Waals surface area (Å²) >= 11 is 3.50. The molecule has 0 unspecified atom stereocenters. The van der Waals surface area contributed by atoms with Crippen molar-refractivity contribution in [2.24, 2.45) is 5.92 Å². The number of allylic oxidation sites excluding steroid dienone is 2. The van der Waals surface area contributed by atoms with Crippen LogP contribution in [0, 0.1) is 5.92 Å². The second kappa shape index (κ2) is 6.86. The summed E-state index contributed by atoms with van der Waals surface area (Å²) in [5, 5.41) is 3.66. The predicted molar refractivity (Wildman–Crippen MR) is 109 cm³/mol. The number of sulfone groups is 1. The lowest BCUT2D eigenvalue weighted by Gasteiger charge is -2.37. The van der Waals surface area contributed by atoms with Crippen LogP contribution in [0.1, 0.15) is 42.9 Å². The molecule has 2 aromatic rings. The number of hydrogen-bond donors (Lipinski definition) is 1. The maximum atomic E-state index is 12.5. The molecule has 136 valence electrons. The fourth-order valence-electron chi connectivity index (χ4n) is 4.15. The Morgan fingerprint density at radius 2 is 1.92 bits per heavy atom. The van der Waals surface area contributed by atoms with Crippen molar-refractivity contribution in [2.75, 3.05) is 11.1 Å². The van der Waals surface area contributed by atoms with Crippen LogP contribution in [0.15, 0.2) is 64.0 Å². The molecule has 0 bridgehead atoms. The van der Waals surface area contributed by atoms with Crippen LogP contribution in [0.3, 0.4) is 0 Å². The highest BCUT2D eigenvalue weighted by atomic mass is 79.9. The highest BCUT2D eigenvalue weighted by Crippen LogP contribution is 2.50. The SMILES string of the molecule is CCCS(=O)(=O)c1ccc2c(c1)[C@@H]1C=CC[C@@H]1[C@@H](c1ccc(Br)cc1)N2. The molecular formula is C21H22BrNO2S. The number of hydrogen-bond acceptors (Lipinski definition) is 3. The van der Waals surface area contributed by atoms with Crippen LogP contribution in [-0.4, -0.2) is 14.2 Å². The Morgan fingerprint density at radius 1 is 1.15 bits per heavy atom. The van der Waals surface area contributed by atoms with Gasteiger partial charge in [-0.1, -0.05) is 47.1 Å². The van der Waals surface area contributed by atoms with E-state index in [9.17, 15) is 8.42 Å². The van der Waals surface area contributed by atoms with Crippen LogP contribution in [0.25, 0.3) is 0 Å². The molecule has 1 heterocycles. The fourth-order valence-corrected chi connectivity index (χ4v) is 5.77. The molecule has 0 fully saturated rings. The number of rotatable bonds is 4. The minimum Gasteiger partial charge on any atom is -0.378 e. The third-order valence-electron chi connectivity index (χ3n) is 5.40. The van der Waals surface area contributed by atoms with Gasteiger partial charge < -0.3 is 5.32 Å². The summed E-state index contributed by atoms with van der Waals surface area (Å²) in [5.74, 6) is 0.870. The van der Waals surface area contributed by atoms with Crippen molar-refractivity contribution in [3.8, 4) is 0 Å². The van der Waals surface area contributed by atoms with Crippen molar-refractivity contribution >= 4 is 31.5 Å². The first-order chi connectivity index (χ1) is 12.5. The van der Waals surface area contributed by atoms with Gasteiger partial charge >= 0.3 is 0 Å². The summed E-state index contributed by atoms with van der Waals surface area (Å²) in [6.45, 7) is 1.90. The Balaban J connectivity index is 1.74. The van der Waals surface area contributed by atoms with Crippen LogP contribution in [0.4, 0.5) is 5.69 Å².